The lowest BCUT2D eigenvalue weighted by molar-refractivity contribution is 0.107. The molecule has 23 heavy (non-hydrogen) atoms. The fourth-order valence-electron chi connectivity index (χ4n) is 2.24. The van der Waals surface area contributed by atoms with E-state index in [2.05, 4.69) is 4.72 Å². The lowest BCUT2D eigenvalue weighted by Gasteiger charge is -2.18. The Morgan fingerprint density at radius 2 is 1.74 bits per heavy atom. The maximum atomic E-state index is 12.1. The summed E-state index contributed by atoms with van der Waals surface area (Å²) in [6, 6.07) is 17.1. The molecule has 0 aliphatic carbocycles. The zero-order valence-corrected chi connectivity index (χ0v) is 14.1. The van der Waals surface area contributed by atoms with Crippen LogP contribution >= 0.6 is 0 Å². The smallest absolute Gasteiger partial charge is 0.233 e. The molecule has 0 amide bonds. The number of rotatable bonds is 7. The highest BCUT2D eigenvalue weighted by molar-refractivity contribution is 7.92. The first-order chi connectivity index (χ1) is 11.0. The third-order valence-corrected chi connectivity index (χ3v) is 4.59. The van der Waals surface area contributed by atoms with Gasteiger partial charge in [-0.3, -0.25) is 0 Å². The predicted octanol–water partition coefficient (Wildman–Crippen LogP) is 3.27. The number of sulfonamides is 1. The normalized spacial score (nSPS) is 13.3. The van der Waals surface area contributed by atoms with Crippen LogP contribution in [0.5, 0.6) is 0 Å². The molecule has 0 bridgehead atoms. The van der Waals surface area contributed by atoms with Crippen LogP contribution in [0.1, 0.15) is 22.8 Å². The molecule has 0 saturated heterocycles. The van der Waals surface area contributed by atoms with E-state index in [0.717, 1.165) is 16.7 Å². The van der Waals surface area contributed by atoms with E-state index in [1.807, 2.05) is 61.5 Å². The first-order valence-corrected chi connectivity index (χ1v) is 8.87. The molecule has 0 unspecified atom stereocenters. The molecule has 0 aliphatic heterocycles. The Hall–Kier alpha value is -1.95. The molecule has 2 rings (SSSR count). The molecule has 0 fully saturated rings. The highest BCUT2D eigenvalue weighted by Gasteiger charge is 2.15. The molecule has 2 aromatic rings. The molecule has 0 aliphatic rings. The summed E-state index contributed by atoms with van der Waals surface area (Å²) in [5.41, 5.74) is 2.88. The zero-order valence-electron chi connectivity index (χ0n) is 13.3. The first-order valence-electron chi connectivity index (χ1n) is 7.33. The van der Waals surface area contributed by atoms with Crippen molar-refractivity contribution in [2.75, 3.05) is 13.7 Å². The Morgan fingerprint density at radius 1 is 1.09 bits per heavy atom. The Labute approximate surface area is 137 Å². The van der Waals surface area contributed by atoms with Crippen molar-refractivity contribution in [1.82, 2.24) is 4.72 Å². The Morgan fingerprint density at radius 3 is 2.39 bits per heavy atom. The Bertz CT molecular complexity index is 755. The van der Waals surface area contributed by atoms with Crippen LogP contribution in [-0.4, -0.2) is 22.1 Å². The minimum atomic E-state index is -3.52. The van der Waals surface area contributed by atoms with E-state index in [1.165, 1.54) is 5.41 Å². The molecule has 0 saturated carbocycles. The molecule has 2 aromatic carbocycles. The molecule has 0 spiro atoms. The van der Waals surface area contributed by atoms with Crippen molar-refractivity contribution in [3.63, 3.8) is 0 Å². The average Bonchev–Trinajstić information content (AvgIpc) is 2.56. The van der Waals surface area contributed by atoms with Crippen LogP contribution in [0.25, 0.3) is 6.08 Å². The lowest BCUT2D eigenvalue weighted by atomic mass is 10.0. The molecule has 1 atom stereocenters. The topological polar surface area (TPSA) is 55.4 Å². The molecular formula is C18H21NO3S. The number of benzene rings is 2. The molecule has 0 aromatic heterocycles. The monoisotopic (exact) mass is 331 g/mol. The second kappa shape index (κ2) is 8.06. The number of nitrogens with one attached hydrogen (secondary N) is 1. The summed E-state index contributed by atoms with van der Waals surface area (Å²) >= 11 is 0. The molecule has 5 heteroatoms. The highest BCUT2D eigenvalue weighted by Crippen LogP contribution is 2.19. The third-order valence-electron chi connectivity index (χ3n) is 3.53. The van der Waals surface area contributed by atoms with Crippen molar-refractivity contribution in [3.8, 4) is 0 Å². The van der Waals surface area contributed by atoms with Crippen molar-refractivity contribution in [2.45, 2.75) is 13.0 Å². The SMILES string of the molecule is CO[C@H](CNS(=O)(=O)/C=C/c1ccccc1)c1ccccc1C. The van der Waals surface area contributed by atoms with E-state index < -0.39 is 10.0 Å². The van der Waals surface area contributed by atoms with Crippen molar-refractivity contribution in [1.29, 1.82) is 0 Å². The van der Waals surface area contributed by atoms with E-state index in [-0.39, 0.29) is 12.6 Å². The van der Waals surface area contributed by atoms with Crippen molar-refractivity contribution in [3.05, 3.63) is 76.7 Å². The highest BCUT2D eigenvalue weighted by atomic mass is 32.2. The van der Waals surface area contributed by atoms with Crippen molar-refractivity contribution in [2.24, 2.45) is 0 Å². The standard InChI is InChI=1S/C18H21NO3S/c1-15-8-6-7-11-17(15)18(22-2)14-19-23(20,21)13-12-16-9-4-3-5-10-16/h3-13,18-19H,14H2,1-2H3/b13-12+/t18-/m1/s1. The minimum absolute atomic E-state index is 0.183. The van der Waals surface area contributed by atoms with Crippen LogP contribution in [0.2, 0.25) is 0 Å². The summed E-state index contributed by atoms with van der Waals surface area (Å²) in [6.07, 6.45) is 1.24. The van der Waals surface area contributed by atoms with Crippen LogP contribution < -0.4 is 4.72 Å². The van der Waals surface area contributed by atoms with E-state index >= 15 is 0 Å². The van der Waals surface area contributed by atoms with Crippen molar-refractivity contribution < 1.29 is 13.2 Å². The van der Waals surface area contributed by atoms with Gasteiger partial charge in [0.15, 0.2) is 0 Å². The van der Waals surface area contributed by atoms with E-state index in [9.17, 15) is 8.42 Å². The first kappa shape index (κ1) is 17.4. The summed E-state index contributed by atoms with van der Waals surface area (Å²) in [5.74, 6) is 0. The van der Waals surface area contributed by atoms with Crippen molar-refractivity contribution >= 4 is 16.1 Å². The van der Waals surface area contributed by atoms with Gasteiger partial charge in [-0.15, -0.1) is 0 Å². The van der Waals surface area contributed by atoms with Gasteiger partial charge in [0.05, 0.1) is 6.10 Å². The molecule has 0 heterocycles. The predicted molar refractivity (Wildman–Crippen MR) is 93.3 cm³/mol. The van der Waals surface area contributed by atoms with Gasteiger partial charge in [0.2, 0.25) is 10.0 Å². The van der Waals surface area contributed by atoms with Gasteiger partial charge in [-0.25, -0.2) is 13.1 Å². The summed E-state index contributed by atoms with van der Waals surface area (Å²) in [4.78, 5) is 0. The van der Waals surface area contributed by atoms with Crippen LogP contribution in [0, 0.1) is 6.92 Å². The van der Waals surface area contributed by atoms with E-state index in [4.69, 9.17) is 4.74 Å². The van der Waals surface area contributed by atoms with Crippen LogP contribution in [0.15, 0.2) is 60.0 Å². The van der Waals surface area contributed by atoms with Crippen LogP contribution in [-0.2, 0) is 14.8 Å². The second-order valence-corrected chi connectivity index (χ2v) is 6.84. The largest absolute Gasteiger partial charge is 0.375 e. The lowest BCUT2D eigenvalue weighted by Crippen LogP contribution is -2.27. The number of ether oxygens (including phenoxy) is 1. The third kappa shape index (κ3) is 5.32. The molecule has 122 valence electrons. The van der Waals surface area contributed by atoms with Gasteiger partial charge >= 0.3 is 0 Å². The maximum absolute atomic E-state index is 12.1. The maximum Gasteiger partial charge on any atom is 0.233 e. The number of methoxy groups -OCH3 is 1. The Balaban J connectivity index is 2.03. The van der Waals surface area contributed by atoms with Gasteiger partial charge in [0.1, 0.15) is 0 Å². The molecule has 1 N–H and O–H groups in total. The summed E-state index contributed by atoms with van der Waals surface area (Å²) < 4.78 is 32.2. The van der Waals surface area contributed by atoms with E-state index in [0.29, 0.717) is 0 Å². The fraction of sp³-hybridized carbons (Fsp3) is 0.222. The molecular weight excluding hydrogens is 310 g/mol. The number of hydrogen-bond acceptors (Lipinski definition) is 3. The van der Waals surface area contributed by atoms with Gasteiger partial charge in [-0.05, 0) is 29.7 Å². The number of aryl methyl sites for hydroxylation is 1. The summed E-state index contributed by atoms with van der Waals surface area (Å²) in [6.45, 7) is 2.16. The van der Waals surface area contributed by atoms with Gasteiger partial charge in [-0.2, -0.15) is 0 Å². The van der Waals surface area contributed by atoms with Gasteiger partial charge in [-0.1, -0.05) is 54.6 Å². The zero-order chi connectivity index (χ0) is 16.7. The van der Waals surface area contributed by atoms with Gasteiger partial charge in [0, 0.05) is 19.1 Å². The van der Waals surface area contributed by atoms with E-state index in [1.54, 1.807) is 13.2 Å². The fourth-order valence-corrected chi connectivity index (χ4v) is 3.06. The summed E-state index contributed by atoms with van der Waals surface area (Å²) in [5, 5.41) is 1.17. The molecule has 0 radical (unpaired) electrons. The number of hydrogen-bond donors (Lipinski definition) is 1. The summed E-state index contributed by atoms with van der Waals surface area (Å²) in [7, 11) is -1.94. The average molecular weight is 331 g/mol. The quantitative estimate of drug-likeness (QED) is 0.847. The van der Waals surface area contributed by atoms with Crippen LogP contribution in [0.3, 0.4) is 0 Å². The minimum Gasteiger partial charge on any atom is -0.375 e. The van der Waals surface area contributed by atoms with Crippen LogP contribution in [0.4, 0.5) is 0 Å². The van der Waals surface area contributed by atoms with Gasteiger partial charge < -0.3 is 4.74 Å². The Kier molecular flexibility index (Phi) is 6.10. The molecule has 4 nitrogen and oxygen atoms in total. The van der Waals surface area contributed by atoms with Gasteiger partial charge in [0.25, 0.3) is 0 Å². The second-order valence-electron chi connectivity index (χ2n) is 5.19.